The Labute approximate surface area is 258 Å². The topological polar surface area (TPSA) is 101 Å². The van der Waals surface area contributed by atoms with Gasteiger partial charge in [0.15, 0.2) is 0 Å². The summed E-state index contributed by atoms with van der Waals surface area (Å²) in [5.74, 6) is 0.331. The van der Waals surface area contributed by atoms with Crippen molar-refractivity contribution >= 4 is 22.8 Å². The summed E-state index contributed by atoms with van der Waals surface area (Å²) in [4.78, 5) is 29.2. The van der Waals surface area contributed by atoms with E-state index in [1.54, 1.807) is 16.7 Å². The molecule has 0 radical (unpaired) electrons. The van der Waals surface area contributed by atoms with Gasteiger partial charge in [0.2, 0.25) is 11.8 Å². The molecule has 2 aliphatic rings. The van der Waals surface area contributed by atoms with Crippen LogP contribution in [0.3, 0.4) is 0 Å². The standard InChI is InChI=1S/C33H35F3N6O3/c1-41-29-12-5-21(14-27(29)39-40-41)17-38-31(43)30-15-22(13-20-3-10-26(45-2)11-4-20)19-42(30)32(44)28-16-24(18-37-28)23-6-8-25(9-7-23)33(34,35)36/h3-12,14,22,24,28,30,37H,13,15-19H2,1-2H3,(H,38,43). The Hall–Kier alpha value is -4.45. The number of hydrogen-bond donors (Lipinski definition) is 2. The van der Waals surface area contributed by atoms with Crippen molar-refractivity contribution in [2.75, 3.05) is 20.2 Å². The minimum atomic E-state index is -4.40. The smallest absolute Gasteiger partial charge is 0.416 e. The summed E-state index contributed by atoms with van der Waals surface area (Å²) in [7, 11) is 3.43. The number of fused-ring (bicyclic) bond motifs is 1. The first kappa shape index (κ1) is 30.6. The summed E-state index contributed by atoms with van der Waals surface area (Å²) in [5, 5.41) is 14.5. The van der Waals surface area contributed by atoms with Crippen molar-refractivity contribution in [2.24, 2.45) is 13.0 Å². The number of methoxy groups -OCH3 is 1. The Balaban J connectivity index is 1.15. The van der Waals surface area contributed by atoms with Crippen LogP contribution in [0.1, 0.15) is 41.0 Å². The number of ether oxygens (including phenoxy) is 1. The van der Waals surface area contributed by atoms with Gasteiger partial charge in [-0.1, -0.05) is 35.5 Å². The van der Waals surface area contributed by atoms with Crippen molar-refractivity contribution in [3.8, 4) is 5.75 Å². The number of nitrogens with zero attached hydrogens (tertiary/aromatic N) is 4. The summed E-state index contributed by atoms with van der Waals surface area (Å²) in [6, 6.07) is 17.4. The Morgan fingerprint density at radius 1 is 1.02 bits per heavy atom. The number of alkyl halides is 3. The zero-order valence-electron chi connectivity index (χ0n) is 25.1. The molecule has 0 spiro atoms. The lowest BCUT2D eigenvalue weighted by molar-refractivity contribution is -0.139. The summed E-state index contributed by atoms with van der Waals surface area (Å²) >= 11 is 0. The van der Waals surface area contributed by atoms with E-state index in [4.69, 9.17) is 4.74 Å². The molecular formula is C33H35F3N6O3. The highest BCUT2D eigenvalue weighted by Gasteiger charge is 2.43. The molecule has 2 aliphatic heterocycles. The maximum absolute atomic E-state index is 13.9. The van der Waals surface area contributed by atoms with E-state index in [-0.39, 0.29) is 30.2 Å². The highest BCUT2D eigenvalue weighted by molar-refractivity contribution is 5.90. The fourth-order valence-electron chi connectivity index (χ4n) is 6.48. The van der Waals surface area contributed by atoms with E-state index >= 15 is 0 Å². The minimum Gasteiger partial charge on any atom is -0.497 e. The number of aryl methyl sites for hydroxylation is 1. The summed E-state index contributed by atoms with van der Waals surface area (Å²) < 4.78 is 46.1. The molecule has 1 aromatic heterocycles. The van der Waals surface area contributed by atoms with Gasteiger partial charge in [-0.25, -0.2) is 4.68 Å². The highest BCUT2D eigenvalue weighted by atomic mass is 19.4. The van der Waals surface area contributed by atoms with Crippen LogP contribution < -0.4 is 15.4 Å². The van der Waals surface area contributed by atoms with E-state index in [0.29, 0.717) is 32.4 Å². The molecule has 9 nitrogen and oxygen atoms in total. The van der Waals surface area contributed by atoms with Crippen LogP contribution in [0.2, 0.25) is 0 Å². The molecule has 6 rings (SSSR count). The van der Waals surface area contributed by atoms with Crippen LogP contribution in [0.5, 0.6) is 5.75 Å². The van der Waals surface area contributed by atoms with Gasteiger partial charge >= 0.3 is 6.18 Å². The number of hydrogen-bond acceptors (Lipinski definition) is 6. The molecule has 0 aliphatic carbocycles. The summed E-state index contributed by atoms with van der Waals surface area (Å²) in [6.45, 7) is 1.18. The quantitative estimate of drug-likeness (QED) is 0.306. The van der Waals surface area contributed by atoms with Crippen LogP contribution in [0.15, 0.2) is 66.7 Å². The lowest BCUT2D eigenvalue weighted by Crippen LogP contribution is -2.51. The molecule has 3 heterocycles. The van der Waals surface area contributed by atoms with Gasteiger partial charge in [0.05, 0.1) is 24.2 Å². The van der Waals surface area contributed by atoms with Crippen molar-refractivity contribution in [3.05, 3.63) is 89.0 Å². The zero-order chi connectivity index (χ0) is 31.7. The first-order chi connectivity index (χ1) is 21.6. The number of halogens is 3. The summed E-state index contributed by atoms with van der Waals surface area (Å²) in [6.07, 6.45) is -2.74. The molecule has 3 aromatic carbocycles. The molecule has 2 N–H and O–H groups in total. The SMILES string of the molecule is COc1ccc(CC2CC(C(=O)NCc3ccc4c(c3)nnn4C)N(C(=O)C3CC(c4ccc(C(F)(F)F)cc4)CN3)C2)cc1. The van der Waals surface area contributed by atoms with E-state index in [0.717, 1.165) is 45.6 Å². The van der Waals surface area contributed by atoms with Crippen LogP contribution in [-0.2, 0) is 35.8 Å². The lowest BCUT2D eigenvalue weighted by Gasteiger charge is -2.27. The van der Waals surface area contributed by atoms with Gasteiger partial charge in [-0.3, -0.25) is 9.59 Å². The average molecular weight is 621 g/mol. The van der Waals surface area contributed by atoms with E-state index in [1.807, 2.05) is 49.5 Å². The lowest BCUT2D eigenvalue weighted by atomic mass is 9.95. The van der Waals surface area contributed by atoms with E-state index in [9.17, 15) is 22.8 Å². The number of nitrogens with one attached hydrogen (secondary N) is 2. The first-order valence-corrected chi connectivity index (χ1v) is 15.0. The Morgan fingerprint density at radius 3 is 2.47 bits per heavy atom. The van der Waals surface area contributed by atoms with Crippen LogP contribution in [0.4, 0.5) is 13.2 Å². The molecule has 12 heteroatoms. The third-order valence-electron chi connectivity index (χ3n) is 8.94. The number of amides is 2. The monoisotopic (exact) mass is 620 g/mol. The Morgan fingerprint density at radius 2 is 1.76 bits per heavy atom. The number of carbonyl (C=O) groups excluding carboxylic acids is 2. The van der Waals surface area contributed by atoms with Crippen molar-refractivity contribution in [1.29, 1.82) is 0 Å². The largest absolute Gasteiger partial charge is 0.497 e. The van der Waals surface area contributed by atoms with Crippen molar-refractivity contribution < 1.29 is 27.5 Å². The first-order valence-electron chi connectivity index (χ1n) is 15.0. The zero-order valence-corrected chi connectivity index (χ0v) is 25.1. The number of benzene rings is 3. The predicted molar refractivity (Wildman–Crippen MR) is 161 cm³/mol. The molecule has 236 valence electrons. The van der Waals surface area contributed by atoms with Crippen LogP contribution in [0, 0.1) is 5.92 Å². The van der Waals surface area contributed by atoms with Gasteiger partial charge in [-0.15, -0.1) is 5.10 Å². The van der Waals surface area contributed by atoms with Gasteiger partial charge in [-0.2, -0.15) is 13.2 Å². The van der Waals surface area contributed by atoms with Gasteiger partial charge in [0.1, 0.15) is 17.3 Å². The van der Waals surface area contributed by atoms with Crippen molar-refractivity contribution in [3.63, 3.8) is 0 Å². The molecule has 2 amide bonds. The normalized spacial score (nSPS) is 21.8. The third-order valence-corrected chi connectivity index (χ3v) is 8.94. The van der Waals surface area contributed by atoms with Crippen molar-refractivity contribution in [2.45, 2.75) is 50.0 Å². The predicted octanol–water partition coefficient (Wildman–Crippen LogP) is 4.22. The average Bonchev–Trinajstić information content (AvgIpc) is 3.79. The number of rotatable bonds is 8. The third kappa shape index (κ3) is 6.65. The molecule has 0 saturated carbocycles. The second kappa shape index (κ2) is 12.5. The molecular weight excluding hydrogens is 585 g/mol. The van der Waals surface area contributed by atoms with Gasteiger partial charge in [-0.05, 0) is 84.2 Å². The van der Waals surface area contributed by atoms with E-state index in [1.165, 1.54) is 12.1 Å². The Kier molecular flexibility index (Phi) is 8.50. The molecule has 4 aromatic rings. The number of carbonyl (C=O) groups is 2. The maximum atomic E-state index is 13.9. The van der Waals surface area contributed by atoms with Crippen LogP contribution >= 0.6 is 0 Å². The molecule has 4 unspecified atom stereocenters. The molecule has 2 saturated heterocycles. The number of likely N-dealkylation sites (tertiary alicyclic amines) is 1. The number of aromatic nitrogens is 3. The summed E-state index contributed by atoms with van der Waals surface area (Å²) in [5.41, 5.74) is 3.63. The molecule has 45 heavy (non-hydrogen) atoms. The molecule has 0 bridgehead atoms. The fraction of sp³-hybridized carbons (Fsp3) is 0.394. The maximum Gasteiger partial charge on any atom is 0.416 e. The van der Waals surface area contributed by atoms with E-state index in [2.05, 4.69) is 20.9 Å². The second-order valence-corrected chi connectivity index (χ2v) is 11.9. The molecule has 2 fully saturated rings. The minimum absolute atomic E-state index is 0.0705. The van der Waals surface area contributed by atoms with Crippen molar-refractivity contribution in [1.82, 2.24) is 30.5 Å². The fourth-order valence-corrected chi connectivity index (χ4v) is 6.48. The second-order valence-electron chi connectivity index (χ2n) is 11.9. The molecule has 4 atom stereocenters. The van der Waals surface area contributed by atoms with Gasteiger partial charge in [0.25, 0.3) is 0 Å². The van der Waals surface area contributed by atoms with E-state index < -0.39 is 23.8 Å². The van der Waals surface area contributed by atoms with Crippen LogP contribution in [-0.4, -0.2) is 64.0 Å². The van der Waals surface area contributed by atoms with Crippen LogP contribution in [0.25, 0.3) is 11.0 Å². The van der Waals surface area contributed by atoms with Gasteiger partial charge in [0, 0.05) is 26.7 Å². The van der Waals surface area contributed by atoms with Gasteiger partial charge < -0.3 is 20.3 Å². The Bertz CT molecular complexity index is 1670. The highest BCUT2D eigenvalue weighted by Crippen LogP contribution is 2.34.